The van der Waals surface area contributed by atoms with Crippen molar-refractivity contribution in [3.8, 4) is 5.75 Å². The van der Waals surface area contributed by atoms with Crippen LogP contribution >= 0.6 is 0 Å². The van der Waals surface area contributed by atoms with Crippen LogP contribution in [-0.2, 0) is 4.79 Å². The molecule has 1 amide bonds. The first-order valence-electron chi connectivity index (χ1n) is 4.79. The number of nitrogens with one attached hydrogen (secondary N) is 2. The van der Waals surface area contributed by atoms with Gasteiger partial charge in [-0.15, -0.1) is 0 Å². The molecule has 0 aliphatic heterocycles. The van der Waals surface area contributed by atoms with Crippen LogP contribution in [0.25, 0.3) is 0 Å². The van der Waals surface area contributed by atoms with Crippen molar-refractivity contribution in [3.05, 3.63) is 33.9 Å². The van der Waals surface area contributed by atoms with E-state index in [0.29, 0.717) is 0 Å². The predicted octanol–water partition coefficient (Wildman–Crippen LogP) is 0.216. The maximum Gasteiger partial charge on any atom is 0.270 e. The molecule has 1 aromatic carbocycles. The summed E-state index contributed by atoms with van der Waals surface area (Å²) in [5, 5.41) is 37.4. The van der Waals surface area contributed by atoms with Crippen molar-refractivity contribution in [3.63, 3.8) is 0 Å². The standard InChI is InChI=1S/C9H11N3O6/c13-8-2-1-5(12(17)18)3-6(8)7(10-15)4-9(14)11-16/h1-3,7,10,13,15-16H,4H2,(H,11,14). The Bertz CT molecular complexity index is 464. The lowest BCUT2D eigenvalue weighted by atomic mass is 10.0. The van der Waals surface area contributed by atoms with Crippen LogP contribution < -0.4 is 11.0 Å². The molecule has 0 saturated carbocycles. The highest BCUT2D eigenvalue weighted by molar-refractivity contribution is 5.75. The summed E-state index contributed by atoms with van der Waals surface area (Å²) in [4.78, 5) is 20.9. The number of phenolic OH excluding ortho intramolecular Hbond substituents is 1. The third kappa shape index (κ3) is 3.13. The Morgan fingerprint density at radius 1 is 1.44 bits per heavy atom. The summed E-state index contributed by atoms with van der Waals surface area (Å²) in [6, 6.07) is 2.10. The minimum atomic E-state index is -1.09. The van der Waals surface area contributed by atoms with Gasteiger partial charge in [0.15, 0.2) is 0 Å². The van der Waals surface area contributed by atoms with E-state index >= 15 is 0 Å². The minimum absolute atomic E-state index is 0.0321. The number of aromatic hydroxyl groups is 1. The predicted molar refractivity (Wildman–Crippen MR) is 57.0 cm³/mol. The molecular formula is C9H11N3O6. The second-order valence-corrected chi connectivity index (χ2v) is 3.42. The Kier molecular flexibility index (Phi) is 4.54. The van der Waals surface area contributed by atoms with E-state index in [1.807, 2.05) is 0 Å². The maximum absolute atomic E-state index is 11.0. The largest absolute Gasteiger partial charge is 0.508 e. The van der Waals surface area contributed by atoms with Gasteiger partial charge in [-0.25, -0.2) is 5.48 Å². The summed E-state index contributed by atoms with van der Waals surface area (Å²) >= 11 is 0. The van der Waals surface area contributed by atoms with Gasteiger partial charge >= 0.3 is 0 Å². The molecule has 98 valence electrons. The van der Waals surface area contributed by atoms with E-state index in [-0.39, 0.29) is 17.0 Å². The van der Waals surface area contributed by atoms with Gasteiger partial charge in [-0.3, -0.25) is 20.1 Å². The third-order valence-electron chi connectivity index (χ3n) is 2.27. The van der Waals surface area contributed by atoms with Crippen molar-refractivity contribution in [1.29, 1.82) is 0 Å². The number of carbonyl (C=O) groups excluding carboxylic acids is 1. The van der Waals surface area contributed by atoms with Crippen molar-refractivity contribution in [1.82, 2.24) is 11.0 Å². The molecule has 1 aromatic rings. The van der Waals surface area contributed by atoms with Crippen molar-refractivity contribution in [2.75, 3.05) is 0 Å². The Hall–Kier alpha value is -2.23. The lowest BCUT2D eigenvalue weighted by Crippen LogP contribution is -2.27. The number of carbonyl (C=O) groups is 1. The smallest absolute Gasteiger partial charge is 0.270 e. The fraction of sp³-hybridized carbons (Fsp3) is 0.222. The number of hydroxylamine groups is 2. The molecule has 0 saturated heterocycles. The van der Waals surface area contributed by atoms with E-state index in [4.69, 9.17) is 10.4 Å². The molecule has 0 aliphatic rings. The topological polar surface area (TPSA) is 145 Å². The first-order valence-corrected chi connectivity index (χ1v) is 4.79. The number of phenols is 1. The first-order chi connectivity index (χ1) is 8.49. The summed E-state index contributed by atoms with van der Waals surface area (Å²) in [6.07, 6.45) is -0.415. The first kappa shape index (κ1) is 13.8. The number of nitro benzene ring substituents is 1. The van der Waals surface area contributed by atoms with Gasteiger partial charge in [0, 0.05) is 17.7 Å². The van der Waals surface area contributed by atoms with Gasteiger partial charge in [-0.05, 0) is 6.07 Å². The zero-order valence-corrected chi connectivity index (χ0v) is 9.03. The molecule has 9 nitrogen and oxygen atoms in total. The van der Waals surface area contributed by atoms with Crippen LogP contribution in [0, 0.1) is 10.1 Å². The normalized spacial score (nSPS) is 11.9. The number of benzene rings is 1. The highest BCUT2D eigenvalue weighted by Crippen LogP contribution is 2.29. The van der Waals surface area contributed by atoms with Crippen LogP contribution in [-0.4, -0.2) is 26.4 Å². The van der Waals surface area contributed by atoms with Gasteiger partial charge in [0.25, 0.3) is 5.69 Å². The van der Waals surface area contributed by atoms with Crippen LogP contribution in [0.4, 0.5) is 5.69 Å². The molecule has 0 radical (unpaired) electrons. The lowest BCUT2D eigenvalue weighted by Gasteiger charge is -2.15. The number of nitrogens with zero attached hydrogens (tertiary/aromatic N) is 1. The van der Waals surface area contributed by atoms with Gasteiger partial charge in [0.2, 0.25) is 5.91 Å². The van der Waals surface area contributed by atoms with Crippen LogP contribution in [0.15, 0.2) is 18.2 Å². The summed E-state index contributed by atoms with van der Waals surface area (Å²) in [7, 11) is 0. The Morgan fingerprint density at radius 2 is 2.11 bits per heavy atom. The molecular weight excluding hydrogens is 246 g/mol. The molecule has 0 fully saturated rings. The number of hydrogen-bond donors (Lipinski definition) is 5. The lowest BCUT2D eigenvalue weighted by molar-refractivity contribution is -0.385. The molecule has 18 heavy (non-hydrogen) atoms. The van der Waals surface area contributed by atoms with Crippen LogP contribution in [0.2, 0.25) is 0 Å². The van der Waals surface area contributed by atoms with E-state index in [1.54, 1.807) is 5.48 Å². The zero-order valence-electron chi connectivity index (χ0n) is 9.03. The van der Waals surface area contributed by atoms with Crippen molar-refractivity contribution in [2.45, 2.75) is 12.5 Å². The monoisotopic (exact) mass is 257 g/mol. The molecule has 1 unspecified atom stereocenters. The molecule has 0 bridgehead atoms. The highest BCUT2D eigenvalue weighted by Gasteiger charge is 2.21. The van der Waals surface area contributed by atoms with E-state index in [9.17, 15) is 20.0 Å². The summed E-state index contributed by atoms with van der Waals surface area (Å²) in [5.41, 5.74) is 2.76. The fourth-order valence-corrected chi connectivity index (χ4v) is 1.39. The Balaban J connectivity index is 3.07. The number of rotatable bonds is 5. The van der Waals surface area contributed by atoms with E-state index in [1.165, 1.54) is 5.48 Å². The van der Waals surface area contributed by atoms with E-state index < -0.39 is 23.3 Å². The molecule has 0 aromatic heterocycles. The third-order valence-corrected chi connectivity index (χ3v) is 2.27. The molecule has 0 spiro atoms. The van der Waals surface area contributed by atoms with Gasteiger partial charge in [-0.1, -0.05) is 0 Å². The van der Waals surface area contributed by atoms with Crippen LogP contribution in [0.5, 0.6) is 5.75 Å². The Labute approximate surface area is 101 Å². The summed E-state index contributed by atoms with van der Waals surface area (Å²) in [6.45, 7) is 0. The van der Waals surface area contributed by atoms with Gasteiger partial charge in [0.05, 0.1) is 17.4 Å². The quantitative estimate of drug-likeness (QED) is 0.288. The molecule has 9 heteroatoms. The maximum atomic E-state index is 11.0. The molecule has 0 heterocycles. The van der Waals surface area contributed by atoms with Gasteiger partial charge < -0.3 is 10.3 Å². The molecule has 0 aliphatic carbocycles. The zero-order chi connectivity index (χ0) is 13.7. The number of nitro groups is 1. The average molecular weight is 257 g/mol. The number of hydrogen-bond acceptors (Lipinski definition) is 7. The number of non-ortho nitro benzene ring substituents is 1. The summed E-state index contributed by atoms with van der Waals surface area (Å²) in [5.74, 6) is -1.15. The van der Waals surface area contributed by atoms with Gasteiger partial charge in [-0.2, -0.15) is 5.48 Å². The second-order valence-electron chi connectivity index (χ2n) is 3.42. The van der Waals surface area contributed by atoms with Crippen LogP contribution in [0.1, 0.15) is 18.0 Å². The van der Waals surface area contributed by atoms with Crippen molar-refractivity contribution < 1.29 is 25.2 Å². The molecule has 1 rings (SSSR count). The molecule has 5 N–H and O–H groups in total. The van der Waals surface area contributed by atoms with Gasteiger partial charge in [0.1, 0.15) is 5.75 Å². The fourth-order valence-electron chi connectivity index (χ4n) is 1.39. The minimum Gasteiger partial charge on any atom is -0.508 e. The summed E-state index contributed by atoms with van der Waals surface area (Å²) < 4.78 is 0. The highest BCUT2D eigenvalue weighted by atomic mass is 16.6. The SMILES string of the molecule is O=C(CC(NO)c1cc([N+](=O)[O-])ccc1O)NO. The van der Waals surface area contributed by atoms with E-state index in [2.05, 4.69) is 0 Å². The average Bonchev–Trinajstić information content (AvgIpc) is 2.36. The second kappa shape index (κ2) is 5.91. The molecule has 1 atom stereocenters. The Morgan fingerprint density at radius 3 is 2.61 bits per heavy atom. The van der Waals surface area contributed by atoms with E-state index in [0.717, 1.165) is 18.2 Å². The number of amides is 1. The van der Waals surface area contributed by atoms with Crippen molar-refractivity contribution in [2.24, 2.45) is 0 Å². The van der Waals surface area contributed by atoms with Crippen LogP contribution in [0.3, 0.4) is 0 Å². The van der Waals surface area contributed by atoms with Crippen molar-refractivity contribution >= 4 is 11.6 Å².